The highest BCUT2D eigenvalue weighted by Crippen LogP contribution is 2.30. The molecule has 2 saturated heterocycles. The van der Waals surface area contributed by atoms with Crippen LogP contribution in [0.2, 0.25) is 0 Å². The van der Waals surface area contributed by atoms with E-state index in [2.05, 4.69) is 41.4 Å². The molecular formula is C19H28N2O. The van der Waals surface area contributed by atoms with Gasteiger partial charge >= 0.3 is 0 Å². The third kappa shape index (κ3) is 3.70. The molecule has 1 atom stereocenters. The molecule has 1 unspecified atom stereocenters. The minimum Gasteiger partial charge on any atom is -0.343 e. The van der Waals surface area contributed by atoms with Crippen LogP contribution >= 0.6 is 0 Å². The smallest absolute Gasteiger partial charge is 0.222 e. The molecule has 0 spiro atoms. The SMILES string of the molecule is Cc1ccccc1C1CCN(C(=O)CCC2CCNC2)CC1. The van der Waals surface area contributed by atoms with Gasteiger partial charge in [-0.3, -0.25) is 4.79 Å². The Hall–Kier alpha value is -1.35. The van der Waals surface area contributed by atoms with Gasteiger partial charge in [-0.1, -0.05) is 24.3 Å². The summed E-state index contributed by atoms with van der Waals surface area (Å²) in [6, 6.07) is 8.69. The van der Waals surface area contributed by atoms with E-state index in [1.54, 1.807) is 0 Å². The molecule has 1 aromatic carbocycles. The van der Waals surface area contributed by atoms with Gasteiger partial charge in [0.15, 0.2) is 0 Å². The van der Waals surface area contributed by atoms with E-state index in [0.717, 1.165) is 51.9 Å². The highest BCUT2D eigenvalue weighted by atomic mass is 16.2. The molecule has 22 heavy (non-hydrogen) atoms. The van der Waals surface area contributed by atoms with Crippen molar-refractivity contribution in [2.24, 2.45) is 5.92 Å². The largest absolute Gasteiger partial charge is 0.343 e. The van der Waals surface area contributed by atoms with Crippen LogP contribution < -0.4 is 5.32 Å². The van der Waals surface area contributed by atoms with E-state index in [1.807, 2.05) is 0 Å². The second-order valence-electron chi connectivity index (χ2n) is 6.91. The highest BCUT2D eigenvalue weighted by molar-refractivity contribution is 5.76. The van der Waals surface area contributed by atoms with E-state index >= 15 is 0 Å². The lowest BCUT2D eigenvalue weighted by Gasteiger charge is -2.33. The number of nitrogens with zero attached hydrogens (tertiary/aromatic N) is 1. The van der Waals surface area contributed by atoms with Crippen LogP contribution in [0.3, 0.4) is 0 Å². The highest BCUT2D eigenvalue weighted by Gasteiger charge is 2.25. The maximum absolute atomic E-state index is 12.4. The summed E-state index contributed by atoms with van der Waals surface area (Å²) in [5, 5.41) is 3.38. The Morgan fingerprint density at radius 2 is 2.00 bits per heavy atom. The molecule has 0 bridgehead atoms. The number of hydrogen-bond acceptors (Lipinski definition) is 2. The van der Waals surface area contributed by atoms with Gasteiger partial charge < -0.3 is 10.2 Å². The van der Waals surface area contributed by atoms with Crippen molar-refractivity contribution in [2.75, 3.05) is 26.2 Å². The zero-order valence-electron chi connectivity index (χ0n) is 13.7. The molecular weight excluding hydrogens is 272 g/mol. The molecule has 1 aromatic rings. The predicted molar refractivity (Wildman–Crippen MR) is 89.9 cm³/mol. The fourth-order valence-electron chi connectivity index (χ4n) is 3.93. The maximum atomic E-state index is 12.4. The Bertz CT molecular complexity index is 500. The predicted octanol–water partition coefficient (Wildman–Crippen LogP) is 3.09. The second kappa shape index (κ2) is 7.28. The van der Waals surface area contributed by atoms with Gasteiger partial charge in [-0.05, 0) is 68.7 Å². The van der Waals surface area contributed by atoms with Gasteiger partial charge in [-0.2, -0.15) is 0 Å². The Kier molecular flexibility index (Phi) is 5.14. The van der Waals surface area contributed by atoms with E-state index in [1.165, 1.54) is 17.5 Å². The van der Waals surface area contributed by atoms with Crippen LogP contribution in [-0.2, 0) is 4.79 Å². The van der Waals surface area contributed by atoms with Crippen molar-refractivity contribution in [3.05, 3.63) is 35.4 Å². The standard InChI is InChI=1S/C19H28N2O/c1-15-4-2-3-5-18(15)17-9-12-21(13-10-17)19(22)7-6-16-8-11-20-14-16/h2-5,16-17,20H,6-14H2,1H3. The van der Waals surface area contributed by atoms with Crippen LogP contribution in [0.1, 0.15) is 49.1 Å². The molecule has 1 amide bonds. The van der Waals surface area contributed by atoms with E-state index in [9.17, 15) is 4.79 Å². The first kappa shape index (κ1) is 15.5. The lowest BCUT2D eigenvalue weighted by molar-refractivity contribution is -0.132. The van der Waals surface area contributed by atoms with E-state index < -0.39 is 0 Å². The molecule has 2 aliphatic heterocycles. The average molecular weight is 300 g/mol. The van der Waals surface area contributed by atoms with Gasteiger partial charge in [0.1, 0.15) is 0 Å². The molecule has 1 N–H and O–H groups in total. The van der Waals surface area contributed by atoms with Crippen molar-refractivity contribution in [3.8, 4) is 0 Å². The molecule has 3 rings (SSSR count). The Balaban J connectivity index is 1.46. The summed E-state index contributed by atoms with van der Waals surface area (Å²) in [7, 11) is 0. The first-order valence-corrected chi connectivity index (χ1v) is 8.78. The van der Waals surface area contributed by atoms with Crippen molar-refractivity contribution in [1.82, 2.24) is 10.2 Å². The molecule has 120 valence electrons. The summed E-state index contributed by atoms with van der Waals surface area (Å²) in [5.41, 5.74) is 2.87. The van der Waals surface area contributed by atoms with Crippen LogP contribution in [0, 0.1) is 12.8 Å². The maximum Gasteiger partial charge on any atom is 0.222 e. The van der Waals surface area contributed by atoms with Gasteiger partial charge in [0.2, 0.25) is 5.91 Å². The van der Waals surface area contributed by atoms with Crippen LogP contribution in [0.15, 0.2) is 24.3 Å². The van der Waals surface area contributed by atoms with Crippen LogP contribution in [0.5, 0.6) is 0 Å². The van der Waals surface area contributed by atoms with Crippen molar-refractivity contribution in [2.45, 2.75) is 44.9 Å². The number of carbonyl (C=O) groups is 1. The quantitative estimate of drug-likeness (QED) is 0.927. The molecule has 0 aliphatic carbocycles. The lowest BCUT2D eigenvalue weighted by Crippen LogP contribution is -2.38. The third-order valence-electron chi connectivity index (χ3n) is 5.40. The van der Waals surface area contributed by atoms with E-state index in [0.29, 0.717) is 17.7 Å². The van der Waals surface area contributed by atoms with Crippen LogP contribution in [-0.4, -0.2) is 37.0 Å². The molecule has 0 radical (unpaired) electrons. The van der Waals surface area contributed by atoms with E-state index in [4.69, 9.17) is 0 Å². The number of carbonyl (C=O) groups excluding carboxylic acids is 1. The normalized spacial score (nSPS) is 23.0. The second-order valence-corrected chi connectivity index (χ2v) is 6.91. The molecule has 3 heteroatoms. The molecule has 2 aliphatic rings. The first-order chi connectivity index (χ1) is 10.7. The van der Waals surface area contributed by atoms with E-state index in [-0.39, 0.29) is 0 Å². The molecule has 2 fully saturated rings. The first-order valence-electron chi connectivity index (χ1n) is 8.78. The lowest BCUT2D eigenvalue weighted by atomic mass is 9.87. The van der Waals surface area contributed by atoms with Crippen LogP contribution in [0.4, 0.5) is 0 Å². The summed E-state index contributed by atoms with van der Waals surface area (Å²) in [4.78, 5) is 14.5. The Labute approximate surface area is 134 Å². The van der Waals surface area contributed by atoms with Gasteiger partial charge in [0.05, 0.1) is 0 Å². The summed E-state index contributed by atoms with van der Waals surface area (Å²) in [6.45, 7) is 6.29. The Morgan fingerprint density at radius 3 is 2.68 bits per heavy atom. The van der Waals surface area contributed by atoms with Gasteiger partial charge in [-0.25, -0.2) is 0 Å². The number of likely N-dealkylation sites (tertiary alicyclic amines) is 1. The summed E-state index contributed by atoms with van der Waals surface area (Å²) >= 11 is 0. The number of hydrogen-bond donors (Lipinski definition) is 1. The van der Waals surface area contributed by atoms with Crippen molar-refractivity contribution >= 4 is 5.91 Å². The van der Waals surface area contributed by atoms with Crippen molar-refractivity contribution in [1.29, 1.82) is 0 Å². The number of amides is 1. The Morgan fingerprint density at radius 1 is 1.23 bits per heavy atom. The summed E-state index contributed by atoms with van der Waals surface area (Å²) in [5.74, 6) is 1.72. The molecule has 0 saturated carbocycles. The van der Waals surface area contributed by atoms with Gasteiger partial charge in [-0.15, -0.1) is 0 Å². The average Bonchev–Trinajstić information content (AvgIpc) is 3.07. The summed E-state index contributed by atoms with van der Waals surface area (Å²) in [6.07, 6.45) is 5.26. The van der Waals surface area contributed by atoms with Crippen LogP contribution in [0.25, 0.3) is 0 Å². The topological polar surface area (TPSA) is 32.3 Å². The molecule has 0 aromatic heterocycles. The fourth-order valence-corrected chi connectivity index (χ4v) is 3.93. The summed E-state index contributed by atoms with van der Waals surface area (Å²) < 4.78 is 0. The zero-order valence-corrected chi connectivity index (χ0v) is 13.7. The molecule has 3 nitrogen and oxygen atoms in total. The van der Waals surface area contributed by atoms with Gasteiger partial charge in [0.25, 0.3) is 0 Å². The minimum atomic E-state index is 0.370. The monoisotopic (exact) mass is 300 g/mol. The number of nitrogens with one attached hydrogen (secondary N) is 1. The molecule has 2 heterocycles. The number of aryl methyl sites for hydroxylation is 1. The van der Waals surface area contributed by atoms with Crippen molar-refractivity contribution in [3.63, 3.8) is 0 Å². The number of rotatable bonds is 4. The number of benzene rings is 1. The van der Waals surface area contributed by atoms with Gasteiger partial charge in [0, 0.05) is 19.5 Å². The minimum absolute atomic E-state index is 0.370. The van der Waals surface area contributed by atoms with Crippen molar-refractivity contribution < 1.29 is 4.79 Å². The third-order valence-corrected chi connectivity index (χ3v) is 5.40. The number of piperidine rings is 1. The zero-order chi connectivity index (χ0) is 15.4. The fraction of sp³-hybridized carbons (Fsp3) is 0.632.